The molecule has 5 heteroatoms. The molecule has 18 heavy (non-hydrogen) atoms. The summed E-state index contributed by atoms with van der Waals surface area (Å²) in [5.41, 5.74) is 5.92. The van der Waals surface area contributed by atoms with Crippen LogP contribution in [0.4, 0.5) is 0 Å². The van der Waals surface area contributed by atoms with Gasteiger partial charge in [-0.1, -0.05) is 19.1 Å². The third kappa shape index (κ3) is 2.41. The lowest BCUT2D eigenvalue weighted by Crippen LogP contribution is -2.50. The highest BCUT2D eigenvalue weighted by Crippen LogP contribution is 2.35. The topological polar surface area (TPSA) is 73.6 Å². The maximum absolute atomic E-state index is 11.9. The Labute approximate surface area is 106 Å². The van der Waals surface area contributed by atoms with Crippen LogP contribution in [0.1, 0.15) is 25.8 Å². The van der Waals surface area contributed by atoms with Crippen molar-refractivity contribution in [1.82, 2.24) is 5.32 Å². The fourth-order valence-corrected chi connectivity index (χ4v) is 1.67. The number of nitrogens with two attached hydrogens (primary N) is 1. The molecular formula is C13H18N2O3. The second-order valence-corrected chi connectivity index (χ2v) is 4.60. The summed E-state index contributed by atoms with van der Waals surface area (Å²) >= 11 is 0. The predicted molar refractivity (Wildman–Crippen MR) is 67.3 cm³/mol. The Morgan fingerprint density at radius 1 is 1.50 bits per heavy atom. The van der Waals surface area contributed by atoms with Gasteiger partial charge in [0.15, 0.2) is 11.5 Å². The van der Waals surface area contributed by atoms with Gasteiger partial charge in [0.2, 0.25) is 12.7 Å². The third-order valence-corrected chi connectivity index (χ3v) is 3.17. The molecule has 1 atom stereocenters. The summed E-state index contributed by atoms with van der Waals surface area (Å²) in [5, 5.41) is 2.82. The molecular weight excluding hydrogens is 232 g/mol. The molecule has 0 saturated heterocycles. The Bertz CT molecular complexity index is 458. The van der Waals surface area contributed by atoms with Gasteiger partial charge >= 0.3 is 0 Å². The summed E-state index contributed by atoms with van der Waals surface area (Å²) in [5.74, 6) is 1.25. The zero-order chi connectivity index (χ0) is 13.2. The quantitative estimate of drug-likeness (QED) is 0.841. The first kappa shape index (κ1) is 12.7. The number of fused-ring (bicyclic) bond motifs is 1. The van der Waals surface area contributed by atoms with Crippen LogP contribution in [0.3, 0.4) is 0 Å². The zero-order valence-corrected chi connectivity index (χ0v) is 10.7. The van der Waals surface area contributed by atoms with Gasteiger partial charge < -0.3 is 20.5 Å². The van der Waals surface area contributed by atoms with Crippen LogP contribution in [-0.2, 0) is 11.3 Å². The van der Waals surface area contributed by atoms with Crippen LogP contribution in [-0.4, -0.2) is 18.2 Å². The van der Waals surface area contributed by atoms with Crippen LogP contribution in [0.15, 0.2) is 18.2 Å². The number of rotatable bonds is 4. The Kier molecular flexibility index (Phi) is 3.43. The lowest BCUT2D eigenvalue weighted by Gasteiger charge is -2.21. The van der Waals surface area contributed by atoms with Crippen molar-refractivity contribution < 1.29 is 14.3 Å². The number of nitrogens with one attached hydrogen (secondary N) is 1. The molecule has 1 heterocycles. The van der Waals surface area contributed by atoms with E-state index in [0.717, 1.165) is 5.56 Å². The Balaban J connectivity index is 2.04. The highest BCUT2D eigenvalue weighted by molar-refractivity contribution is 5.85. The van der Waals surface area contributed by atoms with E-state index in [1.165, 1.54) is 0 Å². The van der Waals surface area contributed by atoms with Crippen LogP contribution in [0.25, 0.3) is 0 Å². The first-order chi connectivity index (χ1) is 8.54. The Hall–Kier alpha value is -1.75. The van der Waals surface area contributed by atoms with Gasteiger partial charge in [0, 0.05) is 12.1 Å². The number of amides is 1. The van der Waals surface area contributed by atoms with Crippen molar-refractivity contribution in [2.24, 2.45) is 5.73 Å². The molecule has 5 nitrogen and oxygen atoms in total. The molecule has 0 spiro atoms. The fraction of sp³-hybridized carbons (Fsp3) is 0.462. The van der Waals surface area contributed by atoms with Crippen molar-refractivity contribution in [2.45, 2.75) is 32.4 Å². The third-order valence-electron chi connectivity index (χ3n) is 3.17. The molecule has 1 aromatic carbocycles. The van der Waals surface area contributed by atoms with Gasteiger partial charge in [-0.05, 0) is 19.4 Å². The smallest absolute Gasteiger partial charge is 0.240 e. The molecule has 1 unspecified atom stereocenters. The largest absolute Gasteiger partial charge is 0.454 e. The van der Waals surface area contributed by atoms with Gasteiger partial charge in [-0.15, -0.1) is 0 Å². The van der Waals surface area contributed by atoms with E-state index in [0.29, 0.717) is 24.5 Å². The highest BCUT2D eigenvalue weighted by atomic mass is 16.7. The standard InChI is InChI=1S/C13H18N2O3/c1-3-13(2,14)12(16)15-7-9-5-4-6-10-11(9)18-8-17-10/h4-6H,3,7-8,14H2,1-2H3,(H,15,16). The number of hydrogen-bond acceptors (Lipinski definition) is 4. The number of benzene rings is 1. The highest BCUT2D eigenvalue weighted by Gasteiger charge is 2.26. The normalized spacial score (nSPS) is 16.2. The second kappa shape index (κ2) is 4.86. The maximum atomic E-state index is 11.9. The van der Waals surface area contributed by atoms with E-state index >= 15 is 0 Å². The average Bonchev–Trinajstić information content (AvgIpc) is 2.84. The second-order valence-electron chi connectivity index (χ2n) is 4.60. The van der Waals surface area contributed by atoms with Crippen LogP contribution < -0.4 is 20.5 Å². The molecule has 0 bridgehead atoms. The first-order valence-electron chi connectivity index (χ1n) is 5.99. The summed E-state index contributed by atoms with van der Waals surface area (Å²) in [6.07, 6.45) is 0.589. The summed E-state index contributed by atoms with van der Waals surface area (Å²) < 4.78 is 10.6. The van der Waals surface area contributed by atoms with Gasteiger partial charge in [0.1, 0.15) is 0 Å². The van der Waals surface area contributed by atoms with E-state index in [9.17, 15) is 4.79 Å². The van der Waals surface area contributed by atoms with Crippen molar-refractivity contribution in [1.29, 1.82) is 0 Å². The molecule has 98 valence electrons. The molecule has 1 amide bonds. The number of hydrogen-bond donors (Lipinski definition) is 2. The van der Waals surface area contributed by atoms with Gasteiger partial charge in [0.05, 0.1) is 5.54 Å². The lowest BCUT2D eigenvalue weighted by molar-refractivity contribution is -0.126. The molecule has 1 aromatic rings. The van der Waals surface area contributed by atoms with Crippen LogP contribution in [0.2, 0.25) is 0 Å². The number of ether oxygens (including phenoxy) is 2. The number of carbonyl (C=O) groups is 1. The van der Waals surface area contributed by atoms with Crippen molar-refractivity contribution in [3.05, 3.63) is 23.8 Å². The van der Waals surface area contributed by atoms with Crippen molar-refractivity contribution in [3.63, 3.8) is 0 Å². The van der Waals surface area contributed by atoms with Crippen LogP contribution in [0.5, 0.6) is 11.5 Å². The number of carbonyl (C=O) groups excluding carboxylic acids is 1. The van der Waals surface area contributed by atoms with Gasteiger partial charge in [-0.25, -0.2) is 0 Å². The molecule has 0 saturated carbocycles. The fourth-order valence-electron chi connectivity index (χ4n) is 1.67. The minimum atomic E-state index is -0.838. The lowest BCUT2D eigenvalue weighted by atomic mass is 9.99. The summed E-state index contributed by atoms with van der Waals surface area (Å²) in [4.78, 5) is 11.9. The van der Waals surface area contributed by atoms with E-state index in [2.05, 4.69) is 5.32 Å². The van der Waals surface area contributed by atoms with Crippen LogP contribution in [0, 0.1) is 0 Å². The van der Waals surface area contributed by atoms with Crippen molar-refractivity contribution >= 4 is 5.91 Å². The summed E-state index contributed by atoms with van der Waals surface area (Å²) in [6.45, 7) is 4.22. The van der Waals surface area contributed by atoms with Gasteiger partial charge in [-0.2, -0.15) is 0 Å². The Morgan fingerprint density at radius 3 is 3.00 bits per heavy atom. The van der Waals surface area contributed by atoms with E-state index in [1.54, 1.807) is 6.92 Å². The molecule has 1 aliphatic heterocycles. The van der Waals surface area contributed by atoms with Crippen molar-refractivity contribution in [2.75, 3.05) is 6.79 Å². The molecule has 1 aliphatic rings. The van der Waals surface area contributed by atoms with Crippen molar-refractivity contribution in [3.8, 4) is 11.5 Å². The molecule has 2 rings (SSSR count). The van der Waals surface area contributed by atoms with E-state index in [-0.39, 0.29) is 12.7 Å². The van der Waals surface area contributed by atoms with Gasteiger partial charge in [0.25, 0.3) is 0 Å². The number of para-hydroxylation sites is 1. The Morgan fingerprint density at radius 2 is 2.28 bits per heavy atom. The average molecular weight is 250 g/mol. The SMILES string of the molecule is CCC(C)(N)C(=O)NCc1cccc2c1OCO2. The molecule has 0 aliphatic carbocycles. The minimum Gasteiger partial charge on any atom is -0.454 e. The monoisotopic (exact) mass is 250 g/mol. The van der Waals surface area contributed by atoms with Gasteiger partial charge in [-0.3, -0.25) is 4.79 Å². The maximum Gasteiger partial charge on any atom is 0.240 e. The van der Waals surface area contributed by atoms with E-state index < -0.39 is 5.54 Å². The van der Waals surface area contributed by atoms with E-state index in [4.69, 9.17) is 15.2 Å². The summed E-state index contributed by atoms with van der Waals surface area (Å²) in [6, 6.07) is 5.61. The first-order valence-corrected chi connectivity index (χ1v) is 5.99. The minimum absolute atomic E-state index is 0.165. The molecule has 0 aromatic heterocycles. The molecule has 0 fully saturated rings. The molecule has 0 radical (unpaired) electrons. The summed E-state index contributed by atoms with van der Waals surface area (Å²) in [7, 11) is 0. The molecule has 3 N–H and O–H groups in total. The predicted octanol–water partition coefficient (Wildman–Crippen LogP) is 1.16. The zero-order valence-electron chi connectivity index (χ0n) is 10.7. The van der Waals surface area contributed by atoms with E-state index in [1.807, 2.05) is 25.1 Å². The van der Waals surface area contributed by atoms with Crippen LogP contribution >= 0.6 is 0 Å².